The Hall–Kier alpha value is -2.91. The Bertz CT molecular complexity index is 710. The lowest BCUT2D eigenvalue weighted by Crippen LogP contribution is -2.38. The van der Waals surface area contributed by atoms with Crippen LogP contribution < -0.4 is 0 Å². The van der Waals surface area contributed by atoms with Gasteiger partial charge < -0.3 is 0 Å². The second-order valence-electron chi connectivity index (χ2n) is 3.51. The average molecular weight is 307 g/mol. The third-order valence-electron chi connectivity index (χ3n) is 2.23. The van der Waals surface area contributed by atoms with Crippen LogP contribution in [-0.2, 0) is 5.92 Å². The summed E-state index contributed by atoms with van der Waals surface area (Å²) in [7, 11) is 0. The fraction of sp³-hybridized carbons (Fsp3) is 0.250. The molecule has 110 valence electrons. The van der Waals surface area contributed by atoms with Crippen molar-refractivity contribution >= 4 is 6.03 Å². The Morgan fingerprint density at radius 1 is 1.24 bits per heavy atom. The van der Waals surface area contributed by atoms with Crippen molar-refractivity contribution in [1.29, 1.82) is 5.26 Å². The maximum absolute atomic E-state index is 13.4. The van der Waals surface area contributed by atoms with Crippen LogP contribution in [-0.4, -0.2) is 42.2 Å². The monoisotopic (exact) mass is 307 g/mol. The number of hydrogen-bond acceptors (Lipinski definition) is 6. The SMILES string of the molecule is N#Cc1nnn(C(=O)n2ccnn2)c1C(F)(F)C(F)(F)F. The van der Waals surface area contributed by atoms with E-state index in [9.17, 15) is 26.7 Å². The first kappa shape index (κ1) is 14.5. The van der Waals surface area contributed by atoms with Gasteiger partial charge in [-0.25, -0.2) is 4.79 Å². The van der Waals surface area contributed by atoms with Gasteiger partial charge in [0.1, 0.15) is 6.07 Å². The summed E-state index contributed by atoms with van der Waals surface area (Å²) < 4.78 is 64.1. The van der Waals surface area contributed by atoms with E-state index < -0.39 is 29.5 Å². The summed E-state index contributed by atoms with van der Waals surface area (Å²) in [5.41, 5.74) is -3.32. The second-order valence-corrected chi connectivity index (χ2v) is 3.51. The minimum atomic E-state index is -6.04. The first-order valence-corrected chi connectivity index (χ1v) is 4.92. The van der Waals surface area contributed by atoms with E-state index in [0.717, 1.165) is 18.5 Å². The van der Waals surface area contributed by atoms with Crippen LogP contribution in [0.4, 0.5) is 26.7 Å². The fourth-order valence-corrected chi connectivity index (χ4v) is 1.31. The summed E-state index contributed by atoms with van der Waals surface area (Å²) >= 11 is 0. The van der Waals surface area contributed by atoms with E-state index in [1.807, 2.05) is 0 Å². The molecule has 2 heterocycles. The molecule has 0 aliphatic heterocycles. The van der Waals surface area contributed by atoms with Crippen molar-refractivity contribution in [2.45, 2.75) is 12.1 Å². The lowest BCUT2D eigenvalue weighted by molar-refractivity contribution is -0.291. The lowest BCUT2D eigenvalue weighted by Gasteiger charge is -2.19. The highest BCUT2D eigenvalue weighted by molar-refractivity contribution is 5.78. The molecule has 0 atom stereocenters. The predicted octanol–water partition coefficient (Wildman–Crippen LogP) is 0.912. The molecule has 8 nitrogen and oxygen atoms in total. The van der Waals surface area contributed by atoms with Gasteiger partial charge in [-0.05, 0) is 0 Å². The number of hydrogen-bond donors (Lipinski definition) is 0. The van der Waals surface area contributed by atoms with E-state index in [1.54, 1.807) is 0 Å². The van der Waals surface area contributed by atoms with Crippen molar-refractivity contribution in [3.05, 3.63) is 23.8 Å². The molecule has 13 heteroatoms. The van der Waals surface area contributed by atoms with Gasteiger partial charge in [0.05, 0.1) is 12.4 Å². The number of nitriles is 1. The molecule has 0 amide bonds. The fourth-order valence-electron chi connectivity index (χ4n) is 1.31. The summed E-state index contributed by atoms with van der Waals surface area (Å²) in [6.45, 7) is 0. The second kappa shape index (κ2) is 4.58. The Balaban J connectivity index is 2.64. The van der Waals surface area contributed by atoms with E-state index in [2.05, 4.69) is 20.6 Å². The van der Waals surface area contributed by atoms with Crippen LogP contribution in [0.5, 0.6) is 0 Å². The summed E-state index contributed by atoms with van der Waals surface area (Å²) in [5.74, 6) is -5.50. The molecule has 0 bridgehead atoms. The molecule has 0 radical (unpaired) electrons. The van der Waals surface area contributed by atoms with Gasteiger partial charge in [-0.3, -0.25) is 0 Å². The Labute approximate surface area is 111 Å². The number of carbonyl (C=O) groups is 1. The maximum atomic E-state index is 13.4. The van der Waals surface area contributed by atoms with Gasteiger partial charge in [0.15, 0.2) is 11.4 Å². The number of rotatable bonds is 1. The lowest BCUT2D eigenvalue weighted by atomic mass is 10.2. The van der Waals surface area contributed by atoms with Crippen molar-refractivity contribution in [2.75, 3.05) is 0 Å². The molecule has 0 N–H and O–H groups in total. The highest BCUT2D eigenvalue weighted by atomic mass is 19.4. The third-order valence-corrected chi connectivity index (χ3v) is 2.23. The van der Waals surface area contributed by atoms with E-state index in [-0.39, 0.29) is 4.68 Å². The van der Waals surface area contributed by atoms with Gasteiger partial charge >= 0.3 is 18.1 Å². The smallest absolute Gasteiger partial charge is 0.243 e. The number of alkyl halides is 5. The molecule has 0 aliphatic rings. The van der Waals surface area contributed by atoms with E-state index in [4.69, 9.17) is 5.26 Å². The minimum Gasteiger partial charge on any atom is -0.243 e. The maximum Gasteiger partial charge on any atom is 0.459 e. The minimum absolute atomic E-state index is 0.347. The van der Waals surface area contributed by atoms with Crippen molar-refractivity contribution in [3.63, 3.8) is 0 Å². The molecule has 0 saturated carbocycles. The molecule has 0 fully saturated rings. The summed E-state index contributed by atoms with van der Waals surface area (Å²) in [4.78, 5) is 11.7. The van der Waals surface area contributed by atoms with E-state index in [0.29, 0.717) is 4.68 Å². The van der Waals surface area contributed by atoms with Crippen LogP contribution >= 0.6 is 0 Å². The predicted molar refractivity (Wildman–Crippen MR) is 50.9 cm³/mol. The number of halogens is 5. The van der Waals surface area contributed by atoms with Gasteiger partial charge in [-0.2, -0.15) is 36.6 Å². The van der Waals surface area contributed by atoms with Crippen LogP contribution in [0, 0.1) is 11.3 Å². The normalized spacial score (nSPS) is 12.2. The van der Waals surface area contributed by atoms with Crippen molar-refractivity contribution in [1.82, 2.24) is 30.0 Å². The molecule has 21 heavy (non-hydrogen) atoms. The largest absolute Gasteiger partial charge is 0.459 e. The van der Waals surface area contributed by atoms with Gasteiger partial charge in [0.25, 0.3) is 0 Å². The van der Waals surface area contributed by atoms with Crippen LogP contribution in [0.25, 0.3) is 0 Å². The van der Waals surface area contributed by atoms with Crippen molar-refractivity contribution < 1.29 is 26.7 Å². The molecule has 2 rings (SSSR count). The topological polar surface area (TPSA) is 102 Å². The summed E-state index contributed by atoms with van der Waals surface area (Å²) in [6, 6.07) is -0.477. The zero-order valence-electron chi connectivity index (χ0n) is 9.58. The van der Waals surface area contributed by atoms with Crippen LogP contribution in [0.1, 0.15) is 11.4 Å². The standard InChI is InChI=1S/C8H2F5N7O/c9-7(10,8(11,12)13)5-4(3-14)16-18-20(5)6(21)19-2-1-15-17-19/h1-2H. The van der Waals surface area contributed by atoms with Crippen LogP contribution in [0.15, 0.2) is 12.4 Å². The van der Waals surface area contributed by atoms with Crippen LogP contribution in [0.3, 0.4) is 0 Å². The molecular weight excluding hydrogens is 305 g/mol. The van der Waals surface area contributed by atoms with Gasteiger partial charge in [-0.1, -0.05) is 10.4 Å². The number of carbonyl (C=O) groups excluding carboxylic acids is 1. The highest BCUT2D eigenvalue weighted by Gasteiger charge is 2.63. The van der Waals surface area contributed by atoms with Crippen molar-refractivity contribution in [3.8, 4) is 6.07 Å². The zero-order chi connectivity index (χ0) is 15.8. The first-order valence-electron chi connectivity index (χ1n) is 4.92. The first-order chi connectivity index (χ1) is 9.70. The Morgan fingerprint density at radius 3 is 2.38 bits per heavy atom. The molecule has 0 spiro atoms. The molecule has 0 aromatic carbocycles. The Kier molecular flexibility index (Phi) is 3.16. The van der Waals surface area contributed by atoms with Crippen LogP contribution in [0.2, 0.25) is 0 Å². The average Bonchev–Trinajstić information content (AvgIpc) is 3.05. The van der Waals surface area contributed by atoms with E-state index >= 15 is 0 Å². The van der Waals surface area contributed by atoms with Crippen molar-refractivity contribution in [2.24, 2.45) is 0 Å². The molecule has 2 aromatic heterocycles. The number of aromatic nitrogens is 6. The molecular formula is C8H2F5N7O. The Morgan fingerprint density at radius 2 is 1.90 bits per heavy atom. The highest BCUT2D eigenvalue weighted by Crippen LogP contribution is 2.44. The molecule has 0 unspecified atom stereocenters. The summed E-state index contributed by atoms with van der Waals surface area (Å²) in [6.07, 6.45) is -4.16. The molecule has 2 aromatic rings. The van der Waals surface area contributed by atoms with Gasteiger partial charge in [-0.15, -0.1) is 10.2 Å². The summed E-state index contributed by atoms with van der Waals surface area (Å²) in [5, 5.41) is 20.6. The van der Waals surface area contributed by atoms with E-state index in [1.165, 1.54) is 0 Å². The molecule has 0 saturated heterocycles. The van der Waals surface area contributed by atoms with Gasteiger partial charge in [0.2, 0.25) is 0 Å². The number of nitrogens with zero attached hydrogens (tertiary/aromatic N) is 7. The third kappa shape index (κ3) is 2.20. The molecule has 0 aliphatic carbocycles. The van der Waals surface area contributed by atoms with Gasteiger partial charge in [0, 0.05) is 0 Å². The quantitative estimate of drug-likeness (QED) is 0.726. The zero-order valence-corrected chi connectivity index (χ0v) is 9.58.